The van der Waals surface area contributed by atoms with Gasteiger partial charge >= 0.3 is 0 Å². The standard InChI is InChI=1S/C10H12BrN5/c1-6-7(3-15-16-6)2-14-10-8(11)4-13-5-9(10)12/h3-5H,2,12H2,1H3,(H,13,14)(H,15,16). The number of hydrogen-bond acceptors (Lipinski definition) is 4. The van der Waals surface area contributed by atoms with Crippen molar-refractivity contribution in [2.45, 2.75) is 13.5 Å². The van der Waals surface area contributed by atoms with Crippen LogP contribution in [0, 0.1) is 6.92 Å². The Kier molecular flexibility index (Phi) is 3.09. The highest BCUT2D eigenvalue weighted by atomic mass is 79.9. The topological polar surface area (TPSA) is 79.6 Å². The van der Waals surface area contributed by atoms with Gasteiger partial charge in [0.15, 0.2) is 0 Å². The number of aryl methyl sites for hydroxylation is 1. The number of anilines is 2. The fourth-order valence-electron chi connectivity index (χ4n) is 1.37. The maximum atomic E-state index is 5.82. The van der Waals surface area contributed by atoms with Crippen molar-refractivity contribution in [1.82, 2.24) is 15.2 Å². The maximum absolute atomic E-state index is 5.82. The first-order valence-electron chi connectivity index (χ1n) is 4.80. The second-order valence-electron chi connectivity index (χ2n) is 3.46. The molecule has 0 amide bonds. The lowest BCUT2D eigenvalue weighted by molar-refractivity contribution is 1.04. The summed E-state index contributed by atoms with van der Waals surface area (Å²) in [7, 11) is 0. The normalized spacial score (nSPS) is 10.4. The van der Waals surface area contributed by atoms with Crippen LogP contribution in [0.15, 0.2) is 23.1 Å². The van der Waals surface area contributed by atoms with Crippen molar-refractivity contribution in [3.05, 3.63) is 34.3 Å². The van der Waals surface area contributed by atoms with Gasteiger partial charge in [0.2, 0.25) is 0 Å². The average molecular weight is 282 g/mol. The summed E-state index contributed by atoms with van der Waals surface area (Å²) in [6, 6.07) is 0. The molecular formula is C10H12BrN5. The van der Waals surface area contributed by atoms with E-state index in [0.29, 0.717) is 12.2 Å². The van der Waals surface area contributed by atoms with Crippen LogP contribution < -0.4 is 11.1 Å². The van der Waals surface area contributed by atoms with E-state index in [1.165, 1.54) is 0 Å². The van der Waals surface area contributed by atoms with E-state index in [1.54, 1.807) is 18.6 Å². The van der Waals surface area contributed by atoms with Crippen molar-refractivity contribution >= 4 is 27.3 Å². The molecule has 0 radical (unpaired) electrons. The van der Waals surface area contributed by atoms with Crippen LogP contribution in [0.2, 0.25) is 0 Å². The van der Waals surface area contributed by atoms with Gasteiger partial charge in [0, 0.05) is 24.0 Å². The Morgan fingerprint density at radius 2 is 2.25 bits per heavy atom. The van der Waals surface area contributed by atoms with E-state index in [4.69, 9.17) is 5.73 Å². The second-order valence-corrected chi connectivity index (χ2v) is 4.31. The molecular weight excluding hydrogens is 270 g/mol. The maximum Gasteiger partial charge on any atom is 0.0752 e. The number of aromatic amines is 1. The molecule has 0 saturated heterocycles. The first kappa shape index (κ1) is 10.9. The number of halogens is 1. The van der Waals surface area contributed by atoms with Crippen LogP contribution in [0.3, 0.4) is 0 Å². The van der Waals surface area contributed by atoms with Crippen LogP contribution in [-0.2, 0) is 6.54 Å². The van der Waals surface area contributed by atoms with Gasteiger partial charge < -0.3 is 11.1 Å². The van der Waals surface area contributed by atoms with Gasteiger partial charge in [0.1, 0.15) is 0 Å². The average Bonchev–Trinajstić information content (AvgIpc) is 2.64. The summed E-state index contributed by atoms with van der Waals surface area (Å²) in [5.74, 6) is 0. The number of rotatable bonds is 3. The van der Waals surface area contributed by atoms with Crippen molar-refractivity contribution in [2.75, 3.05) is 11.1 Å². The minimum absolute atomic E-state index is 0.621. The van der Waals surface area contributed by atoms with Crippen molar-refractivity contribution < 1.29 is 0 Å². The molecule has 6 heteroatoms. The van der Waals surface area contributed by atoms with E-state index in [0.717, 1.165) is 21.4 Å². The molecule has 16 heavy (non-hydrogen) atoms. The number of nitrogens with two attached hydrogens (primary N) is 1. The molecule has 84 valence electrons. The zero-order valence-electron chi connectivity index (χ0n) is 8.79. The summed E-state index contributed by atoms with van der Waals surface area (Å²) in [5.41, 5.74) is 9.46. The fourth-order valence-corrected chi connectivity index (χ4v) is 1.86. The van der Waals surface area contributed by atoms with Crippen LogP contribution in [-0.4, -0.2) is 15.2 Å². The predicted octanol–water partition coefficient (Wildman–Crippen LogP) is 2.07. The van der Waals surface area contributed by atoms with Crippen LogP contribution in [0.1, 0.15) is 11.3 Å². The summed E-state index contributed by atoms with van der Waals surface area (Å²) in [6.45, 7) is 2.66. The number of H-pyrrole nitrogens is 1. The van der Waals surface area contributed by atoms with Crippen LogP contribution in [0.5, 0.6) is 0 Å². The summed E-state index contributed by atoms with van der Waals surface area (Å²) in [6.07, 6.45) is 5.13. The molecule has 0 aliphatic rings. The Morgan fingerprint density at radius 1 is 1.44 bits per heavy atom. The third-order valence-electron chi connectivity index (χ3n) is 2.32. The lowest BCUT2D eigenvalue weighted by atomic mass is 10.2. The number of nitrogens with one attached hydrogen (secondary N) is 2. The number of nitrogens with zero attached hydrogens (tertiary/aromatic N) is 2. The van der Waals surface area contributed by atoms with Gasteiger partial charge in [0.25, 0.3) is 0 Å². The summed E-state index contributed by atoms with van der Waals surface area (Å²) >= 11 is 3.40. The predicted molar refractivity (Wildman–Crippen MR) is 67.0 cm³/mol. The molecule has 4 N–H and O–H groups in total. The van der Waals surface area contributed by atoms with Gasteiger partial charge in [-0.3, -0.25) is 10.1 Å². The highest BCUT2D eigenvalue weighted by molar-refractivity contribution is 9.10. The highest BCUT2D eigenvalue weighted by Gasteiger charge is 2.05. The first-order chi connectivity index (χ1) is 7.68. The van der Waals surface area contributed by atoms with Gasteiger partial charge in [-0.05, 0) is 22.9 Å². The van der Waals surface area contributed by atoms with E-state index >= 15 is 0 Å². The monoisotopic (exact) mass is 281 g/mol. The Hall–Kier alpha value is -1.56. The van der Waals surface area contributed by atoms with Gasteiger partial charge in [-0.1, -0.05) is 0 Å². The van der Waals surface area contributed by atoms with E-state index in [9.17, 15) is 0 Å². The molecule has 0 aliphatic carbocycles. The molecule has 0 unspecified atom stereocenters. The Labute approximate surface area is 102 Å². The summed E-state index contributed by atoms with van der Waals surface area (Å²) in [4.78, 5) is 3.98. The molecule has 0 saturated carbocycles. The Bertz CT molecular complexity index is 473. The van der Waals surface area contributed by atoms with Gasteiger partial charge in [-0.15, -0.1) is 0 Å². The Morgan fingerprint density at radius 3 is 2.88 bits per heavy atom. The third-order valence-corrected chi connectivity index (χ3v) is 2.92. The van der Waals surface area contributed by atoms with E-state index in [-0.39, 0.29) is 0 Å². The quantitative estimate of drug-likeness (QED) is 0.805. The third kappa shape index (κ3) is 2.16. The number of hydrogen-bond donors (Lipinski definition) is 3. The lowest BCUT2D eigenvalue weighted by Gasteiger charge is -2.10. The molecule has 2 heterocycles. The van der Waals surface area contributed by atoms with Gasteiger partial charge in [-0.2, -0.15) is 5.10 Å². The van der Waals surface area contributed by atoms with E-state index in [2.05, 4.69) is 36.4 Å². The number of nitrogen functional groups attached to an aromatic ring is 1. The van der Waals surface area contributed by atoms with E-state index in [1.807, 2.05) is 6.92 Å². The van der Waals surface area contributed by atoms with E-state index < -0.39 is 0 Å². The van der Waals surface area contributed by atoms with Crippen molar-refractivity contribution in [2.24, 2.45) is 0 Å². The highest BCUT2D eigenvalue weighted by Crippen LogP contribution is 2.27. The largest absolute Gasteiger partial charge is 0.396 e. The summed E-state index contributed by atoms with van der Waals surface area (Å²) < 4.78 is 0.855. The molecule has 2 rings (SSSR count). The van der Waals surface area contributed by atoms with Crippen LogP contribution >= 0.6 is 15.9 Å². The molecule has 0 fully saturated rings. The van der Waals surface area contributed by atoms with Gasteiger partial charge in [-0.25, -0.2) is 0 Å². The lowest BCUT2D eigenvalue weighted by Crippen LogP contribution is -2.04. The minimum atomic E-state index is 0.621. The molecule has 0 spiro atoms. The zero-order valence-corrected chi connectivity index (χ0v) is 10.4. The molecule has 0 bridgehead atoms. The zero-order chi connectivity index (χ0) is 11.5. The molecule has 0 aliphatic heterocycles. The van der Waals surface area contributed by atoms with Crippen molar-refractivity contribution in [3.63, 3.8) is 0 Å². The first-order valence-corrected chi connectivity index (χ1v) is 5.59. The summed E-state index contributed by atoms with van der Waals surface area (Å²) in [5, 5.41) is 10.1. The Balaban J connectivity index is 2.14. The van der Waals surface area contributed by atoms with Crippen molar-refractivity contribution in [3.8, 4) is 0 Å². The second kappa shape index (κ2) is 4.52. The van der Waals surface area contributed by atoms with Crippen molar-refractivity contribution in [1.29, 1.82) is 0 Å². The fraction of sp³-hybridized carbons (Fsp3) is 0.200. The SMILES string of the molecule is Cc1[nH]ncc1CNc1c(N)cncc1Br. The van der Waals surface area contributed by atoms with Crippen LogP contribution in [0.25, 0.3) is 0 Å². The number of aromatic nitrogens is 3. The molecule has 0 atom stereocenters. The van der Waals surface area contributed by atoms with Gasteiger partial charge in [0.05, 0.1) is 28.2 Å². The molecule has 5 nitrogen and oxygen atoms in total. The smallest absolute Gasteiger partial charge is 0.0752 e. The molecule has 0 aromatic carbocycles. The molecule has 2 aromatic heterocycles. The minimum Gasteiger partial charge on any atom is -0.396 e. The van der Waals surface area contributed by atoms with Crippen LogP contribution in [0.4, 0.5) is 11.4 Å². The molecule has 2 aromatic rings. The number of pyridine rings is 1.